The highest BCUT2D eigenvalue weighted by atomic mass is 19.1. The molecule has 0 N–H and O–H groups in total. The van der Waals surface area contributed by atoms with Gasteiger partial charge in [-0.2, -0.15) is 0 Å². The number of pyridine rings is 4. The first-order valence-corrected chi connectivity index (χ1v) is 18.3. The van der Waals surface area contributed by atoms with E-state index in [4.69, 9.17) is 9.47 Å². The Morgan fingerprint density at radius 2 is 0.946 bits per heavy atom. The van der Waals surface area contributed by atoms with E-state index in [-0.39, 0.29) is 43.3 Å². The third-order valence-electron chi connectivity index (χ3n) is 9.85. The average molecular weight is 743 g/mol. The van der Waals surface area contributed by atoms with Crippen LogP contribution in [0.1, 0.15) is 45.5 Å². The molecule has 4 aromatic carbocycles. The van der Waals surface area contributed by atoms with E-state index in [0.29, 0.717) is 22.5 Å². The number of hydrogen-bond acceptors (Lipinski definition) is 7. The molecule has 0 aliphatic heterocycles. The molecule has 7 nitrogen and oxygen atoms in total. The maximum Gasteiger partial charge on any atom is 0.165 e. The lowest BCUT2D eigenvalue weighted by molar-refractivity contribution is -0.122. The molecule has 9 heteroatoms. The Labute approximate surface area is 322 Å². The summed E-state index contributed by atoms with van der Waals surface area (Å²) in [7, 11) is 0. The smallest absolute Gasteiger partial charge is 0.165 e. The second-order valence-corrected chi connectivity index (χ2v) is 13.6. The van der Waals surface area contributed by atoms with Gasteiger partial charge in [0.05, 0.1) is 22.4 Å². The van der Waals surface area contributed by atoms with E-state index in [1.165, 1.54) is 12.1 Å². The van der Waals surface area contributed by atoms with Gasteiger partial charge in [0.1, 0.15) is 19.0 Å². The van der Waals surface area contributed by atoms with Gasteiger partial charge in [-0.3, -0.25) is 14.8 Å². The van der Waals surface area contributed by atoms with Crippen molar-refractivity contribution in [1.82, 2.24) is 19.9 Å². The molecule has 0 bridgehead atoms. The summed E-state index contributed by atoms with van der Waals surface area (Å²) >= 11 is 0. The Morgan fingerprint density at radius 3 is 1.38 bits per heavy atom. The lowest BCUT2D eigenvalue weighted by Crippen LogP contribution is -2.25. The van der Waals surface area contributed by atoms with E-state index in [0.717, 1.165) is 32.9 Å². The van der Waals surface area contributed by atoms with E-state index >= 15 is 8.78 Å². The Hall–Kier alpha value is -6.87. The molecule has 0 saturated carbocycles. The number of halogens is 2. The Bertz CT molecular complexity index is 2440. The first kappa shape index (κ1) is 36.1. The summed E-state index contributed by atoms with van der Waals surface area (Å²) in [6.07, 6.45) is 7.18. The van der Waals surface area contributed by atoms with Crippen LogP contribution in [0.4, 0.5) is 8.78 Å². The molecule has 0 saturated heterocycles. The van der Waals surface area contributed by atoms with Crippen molar-refractivity contribution in [2.45, 2.75) is 37.9 Å². The molecule has 8 rings (SSSR count). The molecule has 0 aliphatic rings. The van der Waals surface area contributed by atoms with E-state index in [1.807, 2.05) is 97.1 Å². The molecular weight excluding hydrogens is 707 g/mol. The average Bonchev–Trinajstić information content (AvgIpc) is 3.24. The fourth-order valence-corrected chi connectivity index (χ4v) is 6.90. The van der Waals surface area contributed by atoms with Crippen LogP contribution in [0.25, 0.3) is 21.8 Å². The molecular formula is C47H36F2N4O3. The Morgan fingerprint density at radius 1 is 0.518 bits per heavy atom. The van der Waals surface area contributed by atoms with Crippen LogP contribution in [-0.4, -0.2) is 25.7 Å². The van der Waals surface area contributed by atoms with Crippen molar-refractivity contribution in [2.24, 2.45) is 0 Å². The molecule has 0 amide bonds. The highest BCUT2D eigenvalue weighted by molar-refractivity contribution is 5.92. The van der Waals surface area contributed by atoms with Gasteiger partial charge in [-0.05, 0) is 108 Å². The van der Waals surface area contributed by atoms with Crippen LogP contribution in [0, 0.1) is 11.6 Å². The number of rotatable bonds is 14. The number of nitrogens with zero attached hydrogens (tertiary/aromatic N) is 4. The van der Waals surface area contributed by atoms with Gasteiger partial charge in [-0.25, -0.2) is 18.7 Å². The zero-order valence-electron chi connectivity index (χ0n) is 30.3. The minimum absolute atomic E-state index is 0.0451. The number of Topliss-reactive ketones (excluding diaryl/α,β-unsaturated/α-hetero) is 1. The Balaban J connectivity index is 1.07. The molecule has 0 fully saturated rings. The van der Waals surface area contributed by atoms with E-state index in [2.05, 4.69) is 19.9 Å². The molecule has 0 aliphatic carbocycles. The van der Waals surface area contributed by atoms with Crippen LogP contribution in [0.5, 0.6) is 11.5 Å². The molecule has 0 radical (unpaired) electrons. The topological polar surface area (TPSA) is 87.1 Å². The van der Waals surface area contributed by atoms with Crippen molar-refractivity contribution in [3.8, 4) is 11.5 Å². The van der Waals surface area contributed by atoms with Crippen LogP contribution in [0.2, 0.25) is 0 Å². The number of benzene rings is 4. The van der Waals surface area contributed by atoms with Crippen molar-refractivity contribution in [3.63, 3.8) is 0 Å². The number of aromatic nitrogens is 4. The number of ketones is 1. The van der Waals surface area contributed by atoms with Crippen molar-refractivity contribution in [1.29, 1.82) is 0 Å². The summed E-state index contributed by atoms with van der Waals surface area (Å²) in [5.74, 6) is -2.88. The number of carbonyl (C=O) groups excluding carboxylic acids is 1. The summed E-state index contributed by atoms with van der Waals surface area (Å²) in [5.41, 5.74) is 5.61. The van der Waals surface area contributed by atoms with Crippen LogP contribution in [0.3, 0.4) is 0 Å². The largest absolute Gasteiger partial charge is 0.484 e. The second-order valence-electron chi connectivity index (χ2n) is 13.6. The van der Waals surface area contributed by atoms with Gasteiger partial charge in [0, 0.05) is 47.4 Å². The SMILES string of the molecule is O=C(C(Cc1ccncc1)c1ccc(OCc2ccc3ccccc3n2)c(F)c1)C(Cc1ccncc1)c1ccc(OCc2ccc3ccccc3n2)c(F)c1. The first-order valence-electron chi connectivity index (χ1n) is 18.3. The minimum Gasteiger partial charge on any atom is -0.484 e. The molecule has 2 atom stereocenters. The van der Waals surface area contributed by atoms with Gasteiger partial charge in [0.15, 0.2) is 23.1 Å². The summed E-state index contributed by atoms with van der Waals surface area (Å²) in [6, 6.07) is 39.7. The van der Waals surface area contributed by atoms with Crippen LogP contribution in [-0.2, 0) is 30.8 Å². The van der Waals surface area contributed by atoms with Gasteiger partial charge in [0.2, 0.25) is 0 Å². The monoisotopic (exact) mass is 742 g/mol. The van der Waals surface area contributed by atoms with E-state index in [9.17, 15) is 4.79 Å². The molecule has 56 heavy (non-hydrogen) atoms. The maximum atomic E-state index is 15.9. The summed E-state index contributed by atoms with van der Waals surface area (Å²) in [5, 5.41) is 2.00. The lowest BCUT2D eigenvalue weighted by atomic mass is 9.78. The van der Waals surface area contributed by atoms with Crippen LogP contribution in [0.15, 0.2) is 158 Å². The highest BCUT2D eigenvalue weighted by Crippen LogP contribution is 2.35. The third kappa shape index (κ3) is 8.42. The van der Waals surface area contributed by atoms with Gasteiger partial charge >= 0.3 is 0 Å². The maximum absolute atomic E-state index is 15.9. The predicted molar refractivity (Wildman–Crippen MR) is 211 cm³/mol. The summed E-state index contributed by atoms with van der Waals surface area (Å²) in [6.45, 7) is 0.136. The van der Waals surface area contributed by atoms with Crippen molar-refractivity contribution in [2.75, 3.05) is 0 Å². The molecule has 2 unspecified atom stereocenters. The highest BCUT2D eigenvalue weighted by Gasteiger charge is 2.31. The third-order valence-corrected chi connectivity index (χ3v) is 9.85. The van der Waals surface area contributed by atoms with Gasteiger partial charge < -0.3 is 9.47 Å². The zero-order valence-corrected chi connectivity index (χ0v) is 30.3. The normalized spacial score (nSPS) is 12.3. The molecule has 4 aromatic heterocycles. The zero-order chi connectivity index (χ0) is 38.3. The van der Waals surface area contributed by atoms with Gasteiger partial charge in [-0.1, -0.05) is 60.7 Å². The first-order chi connectivity index (χ1) is 27.5. The molecule has 8 aromatic rings. The van der Waals surface area contributed by atoms with E-state index in [1.54, 1.807) is 49.1 Å². The van der Waals surface area contributed by atoms with Crippen molar-refractivity contribution < 1.29 is 23.0 Å². The number of hydrogen-bond donors (Lipinski definition) is 0. The summed E-state index contributed by atoms with van der Waals surface area (Å²) < 4.78 is 43.5. The minimum atomic E-state index is -0.784. The van der Waals surface area contributed by atoms with Crippen molar-refractivity contribution in [3.05, 3.63) is 204 Å². The van der Waals surface area contributed by atoms with Crippen LogP contribution >= 0.6 is 0 Å². The fourth-order valence-electron chi connectivity index (χ4n) is 6.90. The number of para-hydroxylation sites is 2. The molecule has 0 spiro atoms. The number of carbonyl (C=O) groups is 1. The quantitative estimate of drug-likeness (QED) is 0.110. The second kappa shape index (κ2) is 16.7. The number of ether oxygens (including phenoxy) is 2. The van der Waals surface area contributed by atoms with Crippen molar-refractivity contribution >= 4 is 27.6 Å². The van der Waals surface area contributed by atoms with E-state index < -0.39 is 23.5 Å². The molecule has 4 heterocycles. The number of fused-ring (bicyclic) bond motifs is 2. The van der Waals surface area contributed by atoms with Gasteiger partial charge in [0.25, 0.3) is 0 Å². The lowest BCUT2D eigenvalue weighted by Gasteiger charge is -2.24. The summed E-state index contributed by atoms with van der Waals surface area (Å²) in [4.78, 5) is 32.4. The van der Waals surface area contributed by atoms with Gasteiger partial charge in [-0.15, -0.1) is 0 Å². The molecule has 276 valence electrons. The predicted octanol–water partition coefficient (Wildman–Crippen LogP) is 9.93. The Kier molecular flexibility index (Phi) is 10.7. The van der Waals surface area contributed by atoms with Crippen LogP contribution < -0.4 is 9.47 Å². The fraction of sp³-hybridized carbons (Fsp3) is 0.128. The standard InChI is InChI=1S/C47H36F2N4O3/c48-41-27-35(11-15-45(41)55-29-37-13-9-33-5-1-3-7-43(33)52-37)39(25-31-17-21-50-22-18-31)47(54)40(26-32-19-23-51-24-20-32)36-12-16-46(42(49)28-36)56-30-38-14-10-34-6-2-4-8-44(34)53-38/h1-24,27-28,39-40H,25-26,29-30H2.